The van der Waals surface area contributed by atoms with Crippen molar-refractivity contribution in [2.24, 2.45) is 0 Å². The third-order valence-corrected chi connectivity index (χ3v) is 8.04. The summed E-state index contributed by atoms with van der Waals surface area (Å²) in [7, 11) is -5.83. The van der Waals surface area contributed by atoms with Crippen LogP contribution in [-0.4, -0.2) is 53.8 Å². The number of rotatable bonds is 11. The smallest absolute Gasteiger partial charge is 0.243 e. The molecule has 31 heavy (non-hydrogen) atoms. The van der Waals surface area contributed by atoms with E-state index in [9.17, 15) is 21.6 Å². The van der Waals surface area contributed by atoms with E-state index in [0.717, 1.165) is 0 Å². The predicted octanol–water partition coefficient (Wildman–Crippen LogP) is 2.03. The van der Waals surface area contributed by atoms with Crippen LogP contribution in [0.25, 0.3) is 0 Å². The van der Waals surface area contributed by atoms with Crippen molar-refractivity contribution in [3.8, 4) is 5.75 Å². The maximum absolute atomic E-state index is 12.5. The molecule has 2 rings (SSSR count). The summed E-state index contributed by atoms with van der Waals surface area (Å²) in [6, 6.07) is 11.7. The first-order chi connectivity index (χ1) is 14.6. The van der Waals surface area contributed by atoms with Gasteiger partial charge in [-0.05, 0) is 48.5 Å². The first-order valence-electron chi connectivity index (χ1n) is 9.67. The van der Waals surface area contributed by atoms with Crippen LogP contribution in [0.15, 0.2) is 58.3 Å². The Morgan fingerprint density at radius 1 is 0.903 bits per heavy atom. The van der Waals surface area contributed by atoms with Crippen LogP contribution >= 0.6 is 0 Å². The fourth-order valence-electron chi connectivity index (χ4n) is 2.78. The van der Waals surface area contributed by atoms with Gasteiger partial charge in [-0.2, -0.15) is 4.31 Å². The number of carbonyl (C=O) groups is 1. The molecule has 0 aliphatic heterocycles. The third-order valence-electron chi connectivity index (χ3n) is 4.50. The van der Waals surface area contributed by atoms with E-state index in [1.165, 1.54) is 59.9 Å². The molecule has 0 aromatic heterocycles. The average Bonchev–Trinajstić information content (AvgIpc) is 2.74. The number of sulfonamides is 2. The first-order valence-corrected chi connectivity index (χ1v) is 12.6. The number of nitrogens with zero attached hydrogens (tertiary/aromatic N) is 1. The van der Waals surface area contributed by atoms with Crippen LogP contribution in [0.2, 0.25) is 0 Å². The molecule has 0 atom stereocenters. The maximum atomic E-state index is 12.5. The van der Waals surface area contributed by atoms with Gasteiger partial charge in [0.2, 0.25) is 26.0 Å². The number of hydrogen-bond donors (Lipinski definition) is 2. The van der Waals surface area contributed by atoms with Crippen molar-refractivity contribution in [1.29, 1.82) is 0 Å². The Hall–Kier alpha value is -2.47. The quantitative estimate of drug-likeness (QED) is 0.519. The lowest BCUT2D eigenvalue weighted by Crippen LogP contribution is -2.30. The number of nitrogens with one attached hydrogen (secondary N) is 2. The maximum Gasteiger partial charge on any atom is 0.243 e. The molecule has 0 heterocycles. The van der Waals surface area contributed by atoms with Gasteiger partial charge in [-0.3, -0.25) is 4.79 Å². The summed E-state index contributed by atoms with van der Waals surface area (Å²) < 4.78 is 58.2. The van der Waals surface area contributed by atoms with Crippen LogP contribution in [0, 0.1) is 0 Å². The molecule has 0 bridgehead atoms. The fraction of sp³-hybridized carbons (Fsp3) is 0.350. The Balaban J connectivity index is 1.91. The highest BCUT2D eigenvalue weighted by atomic mass is 32.2. The molecule has 0 aliphatic rings. The lowest BCUT2D eigenvalue weighted by Gasteiger charge is -2.18. The molecule has 0 aliphatic carbocycles. The number of methoxy groups -OCH3 is 1. The topological polar surface area (TPSA) is 122 Å². The van der Waals surface area contributed by atoms with Gasteiger partial charge >= 0.3 is 0 Å². The monoisotopic (exact) mass is 469 g/mol. The van der Waals surface area contributed by atoms with Gasteiger partial charge in [0, 0.05) is 31.7 Å². The Morgan fingerprint density at radius 3 is 1.97 bits per heavy atom. The number of ether oxygens (including phenoxy) is 1. The zero-order valence-corrected chi connectivity index (χ0v) is 19.3. The van der Waals surface area contributed by atoms with Crippen molar-refractivity contribution in [2.75, 3.05) is 32.1 Å². The van der Waals surface area contributed by atoms with E-state index in [4.69, 9.17) is 4.74 Å². The van der Waals surface area contributed by atoms with Crippen LogP contribution in [-0.2, 0) is 24.8 Å². The lowest BCUT2D eigenvalue weighted by atomic mass is 10.3. The van der Waals surface area contributed by atoms with Crippen molar-refractivity contribution >= 4 is 31.6 Å². The second-order valence-corrected chi connectivity index (χ2v) is 10.2. The largest absolute Gasteiger partial charge is 0.497 e. The zero-order valence-electron chi connectivity index (χ0n) is 17.7. The van der Waals surface area contributed by atoms with Crippen LogP contribution in [0.4, 0.5) is 5.69 Å². The molecule has 0 fully saturated rings. The van der Waals surface area contributed by atoms with Gasteiger partial charge in [0.1, 0.15) is 5.75 Å². The molecule has 0 radical (unpaired) electrons. The summed E-state index contributed by atoms with van der Waals surface area (Å²) in [5.74, 6) is 0.131. The highest BCUT2D eigenvalue weighted by molar-refractivity contribution is 7.89. The normalized spacial score (nSPS) is 12.0. The molecule has 0 saturated carbocycles. The second-order valence-electron chi connectivity index (χ2n) is 6.49. The summed E-state index contributed by atoms with van der Waals surface area (Å²) in [4.78, 5) is 12.3. The van der Waals surface area contributed by atoms with E-state index in [-0.39, 0.29) is 22.8 Å². The molecule has 9 nitrogen and oxygen atoms in total. The van der Waals surface area contributed by atoms with Crippen molar-refractivity contribution in [2.45, 2.75) is 30.1 Å². The Kier molecular flexibility index (Phi) is 8.57. The Bertz CT molecular complexity index is 1080. The van der Waals surface area contributed by atoms with Crippen LogP contribution in [0.1, 0.15) is 20.3 Å². The number of benzene rings is 2. The van der Waals surface area contributed by atoms with Crippen LogP contribution in [0.5, 0.6) is 5.75 Å². The molecule has 11 heteroatoms. The van der Waals surface area contributed by atoms with E-state index < -0.39 is 26.0 Å². The Morgan fingerprint density at radius 2 is 1.45 bits per heavy atom. The number of hydrogen-bond acceptors (Lipinski definition) is 6. The van der Waals surface area contributed by atoms with Crippen molar-refractivity contribution in [1.82, 2.24) is 9.03 Å². The van der Waals surface area contributed by atoms with Gasteiger partial charge < -0.3 is 10.1 Å². The second kappa shape index (κ2) is 10.7. The minimum Gasteiger partial charge on any atom is -0.497 e. The molecule has 0 spiro atoms. The number of anilines is 1. The predicted molar refractivity (Wildman–Crippen MR) is 118 cm³/mol. The van der Waals surface area contributed by atoms with Crippen molar-refractivity contribution in [3.63, 3.8) is 0 Å². The third kappa shape index (κ3) is 6.50. The molecular formula is C20H27N3O6S2. The van der Waals surface area contributed by atoms with Gasteiger partial charge in [0.25, 0.3) is 0 Å². The standard InChI is InChI=1S/C20H27N3O6S2/c1-4-23(5-2)31(27,28)19-10-6-16(7-11-19)22-20(24)14-15-21-30(25,26)18-12-8-17(29-3)9-13-18/h6-13,21H,4-5,14-15H2,1-3H3,(H,22,24). The van der Waals surface area contributed by atoms with Gasteiger partial charge in [-0.15, -0.1) is 0 Å². The van der Waals surface area contributed by atoms with E-state index in [1.54, 1.807) is 13.8 Å². The van der Waals surface area contributed by atoms with E-state index in [2.05, 4.69) is 10.0 Å². The minimum atomic E-state index is -3.75. The zero-order chi connectivity index (χ0) is 23.1. The molecule has 1 amide bonds. The van der Waals surface area contributed by atoms with Crippen LogP contribution in [0.3, 0.4) is 0 Å². The van der Waals surface area contributed by atoms with Gasteiger partial charge in [0.15, 0.2) is 0 Å². The SMILES string of the molecule is CCN(CC)S(=O)(=O)c1ccc(NC(=O)CCNS(=O)(=O)c2ccc(OC)cc2)cc1. The fourth-order valence-corrected chi connectivity index (χ4v) is 5.27. The summed E-state index contributed by atoms with van der Waals surface area (Å²) >= 11 is 0. The molecule has 170 valence electrons. The van der Waals surface area contributed by atoms with E-state index >= 15 is 0 Å². The molecule has 2 aromatic carbocycles. The van der Waals surface area contributed by atoms with E-state index in [0.29, 0.717) is 24.5 Å². The summed E-state index contributed by atoms with van der Waals surface area (Å²) in [6.07, 6.45) is -0.0884. The van der Waals surface area contributed by atoms with Gasteiger partial charge in [-0.1, -0.05) is 13.8 Å². The molecule has 0 unspecified atom stereocenters. The molecule has 2 N–H and O–H groups in total. The van der Waals surface area contributed by atoms with Crippen molar-refractivity contribution in [3.05, 3.63) is 48.5 Å². The summed E-state index contributed by atoms with van der Waals surface area (Å²) in [5.41, 5.74) is 0.418. The minimum absolute atomic E-state index is 0.0682. The average molecular weight is 470 g/mol. The summed E-state index contributed by atoms with van der Waals surface area (Å²) in [6.45, 7) is 4.17. The van der Waals surface area contributed by atoms with Gasteiger partial charge in [0.05, 0.1) is 16.9 Å². The van der Waals surface area contributed by atoms with E-state index in [1.807, 2.05) is 0 Å². The highest BCUT2D eigenvalue weighted by Gasteiger charge is 2.21. The van der Waals surface area contributed by atoms with Crippen molar-refractivity contribution < 1.29 is 26.4 Å². The van der Waals surface area contributed by atoms with Gasteiger partial charge in [-0.25, -0.2) is 21.6 Å². The Labute approximate surface area is 183 Å². The summed E-state index contributed by atoms with van der Waals surface area (Å²) in [5, 5.41) is 2.62. The lowest BCUT2D eigenvalue weighted by molar-refractivity contribution is -0.116. The highest BCUT2D eigenvalue weighted by Crippen LogP contribution is 2.18. The molecule has 0 saturated heterocycles. The molecule has 2 aromatic rings. The number of carbonyl (C=O) groups excluding carboxylic acids is 1. The molecular weight excluding hydrogens is 442 g/mol. The first kappa shape index (κ1) is 24.8. The number of amides is 1. The van der Waals surface area contributed by atoms with Crippen LogP contribution < -0.4 is 14.8 Å².